The van der Waals surface area contributed by atoms with E-state index in [4.69, 9.17) is 10.5 Å². The highest BCUT2D eigenvalue weighted by molar-refractivity contribution is 5.21. The summed E-state index contributed by atoms with van der Waals surface area (Å²) >= 11 is 0. The van der Waals surface area contributed by atoms with Gasteiger partial charge in [0.1, 0.15) is 0 Å². The minimum atomic E-state index is -0.205. The molecule has 0 bridgehead atoms. The SMILES string of the molecule is CCOC1(C(N)c2ccc(C)nc2)CCCC(C)C1. The van der Waals surface area contributed by atoms with Crippen molar-refractivity contribution in [2.24, 2.45) is 11.7 Å². The number of nitrogens with two attached hydrogens (primary N) is 1. The molecule has 0 spiro atoms. The molecule has 2 rings (SSSR count). The zero-order valence-corrected chi connectivity index (χ0v) is 12.4. The molecule has 19 heavy (non-hydrogen) atoms. The molecule has 1 aromatic rings. The molecule has 1 aliphatic carbocycles. The maximum Gasteiger partial charge on any atom is 0.0877 e. The Labute approximate surface area is 116 Å². The topological polar surface area (TPSA) is 48.1 Å². The van der Waals surface area contributed by atoms with Crippen LogP contribution in [0.1, 0.15) is 56.8 Å². The lowest BCUT2D eigenvalue weighted by Crippen LogP contribution is -2.47. The van der Waals surface area contributed by atoms with Crippen molar-refractivity contribution in [2.75, 3.05) is 6.61 Å². The normalized spacial score (nSPS) is 29.2. The summed E-state index contributed by atoms with van der Waals surface area (Å²) in [4.78, 5) is 4.37. The first kappa shape index (κ1) is 14.5. The van der Waals surface area contributed by atoms with Gasteiger partial charge >= 0.3 is 0 Å². The molecule has 0 aromatic carbocycles. The molecule has 3 atom stereocenters. The Hall–Kier alpha value is -0.930. The van der Waals surface area contributed by atoms with Gasteiger partial charge in [0, 0.05) is 18.5 Å². The number of aryl methyl sites for hydroxylation is 1. The third kappa shape index (κ3) is 3.15. The molecule has 2 N–H and O–H groups in total. The van der Waals surface area contributed by atoms with E-state index in [2.05, 4.69) is 24.9 Å². The average Bonchev–Trinajstić information content (AvgIpc) is 2.39. The first-order chi connectivity index (χ1) is 9.07. The van der Waals surface area contributed by atoms with E-state index < -0.39 is 0 Å². The molecule has 1 fully saturated rings. The molecule has 3 heteroatoms. The molecule has 106 valence electrons. The van der Waals surface area contributed by atoms with Gasteiger partial charge in [0.2, 0.25) is 0 Å². The van der Waals surface area contributed by atoms with Gasteiger partial charge in [0.25, 0.3) is 0 Å². The standard InChI is InChI=1S/C16H26N2O/c1-4-19-16(9-5-6-12(2)10-16)15(17)14-8-7-13(3)18-11-14/h7-8,11-12,15H,4-6,9-10,17H2,1-3H3. The minimum Gasteiger partial charge on any atom is -0.373 e. The van der Waals surface area contributed by atoms with Crippen LogP contribution in [0.4, 0.5) is 0 Å². The predicted octanol–water partition coefficient (Wildman–Crippen LogP) is 3.38. The number of rotatable bonds is 4. The first-order valence-electron chi connectivity index (χ1n) is 7.39. The molecule has 3 unspecified atom stereocenters. The molecular weight excluding hydrogens is 236 g/mol. The molecule has 0 saturated heterocycles. The van der Waals surface area contributed by atoms with Gasteiger partial charge in [-0.2, -0.15) is 0 Å². The third-order valence-electron chi connectivity index (χ3n) is 4.28. The molecule has 1 saturated carbocycles. The second-order valence-electron chi connectivity index (χ2n) is 5.91. The summed E-state index contributed by atoms with van der Waals surface area (Å²) in [7, 11) is 0. The Morgan fingerprint density at radius 1 is 1.53 bits per heavy atom. The number of aromatic nitrogens is 1. The van der Waals surface area contributed by atoms with E-state index in [0.29, 0.717) is 5.92 Å². The number of ether oxygens (including phenoxy) is 1. The maximum absolute atomic E-state index is 6.54. The van der Waals surface area contributed by atoms with Crippen LogP contribution in [0.3, 0.4) is 0 Å². The van der Waals surface area contributed by atoms with Crippen LogP contribution >= 0.6 is 0 Å². The van der Waals surface area contributed by atoms with Crippen LogP contribution in [-0.2, 0) is 4.74 Å². The third-order valence-corrected chi connectivity index (χ3v) is 4.28. The Morgan fingerprint density at radius 3 is 2.89 bits per heavy atom. The van der Waals surface area contributed by atoms with Gasteiger partial charge in [-0.3, -0.25) is 4.98 Å². The van der Waals surface area contributed by atoms with E-state index in [1.165, 1.54) is 12.8 Å². The van der Waals surface area contributed by atoms with Crippen LogP contribution in [0.15, 0.2) is 18.3 Å². The molecular formula is C16H26N2O. The lowest BCUT2D eigenvalue weighted by molar-refractivity contribution is -0.0939. The highest BCUT2D eigenvalue weighted by atomic mass is 16.5. The summed E-state index contributed by atoms with van der Waals surface area (Å²) < 4.78 is 6.13. The summed E-state index contributed by atoms with van der Waals surface area (Å²) in [5, 5.41) is 0. The Balaban J connectivity index is 2.24. The Morgan fingerprint density at radius 2 is 2.32 bits per heavy atom. The van der Waals surface area contributed by atoms with Crippen LogP contribution in [0.25, 0.3) is 0 Å². The second kappa shape index (κ2) is 6.02. The summed E-state index contributed by atoms with van der Waals surface area (Å²) in [6.45, 7) is 7.07. The summed E-state index contributed by atoms with van der Waals surface area (Å²) in [5.41, 5.74) is 8.45. The smallest absolute Gasteiger partial charge is 0.0877 e. The first-order valence-corrected chi connectivity index (χ1v) is 7.39. The lowest BCUT2D eigenvalue weighted by atomic mass is 9.73. The van der Waals surface area contributed by atoms with Gasteiger partial charge < -0.3 is 10.5 Å². The molecule has 1 heterocycles. The minimum absolute atomic E-state index is 0.0803. The number of nitrogens with zero attached hydrogens (tertiary/aromatic N) is 1. The van der Waals surface area contributed by atoms with Gasteiger partial charge in [0.15, 0.2) is 0 Å². The van der Waals surface area contributed by atoms with Crippen molar-refractivity contribution in [3.05, 3.63) is 29.6 Å². The van der Waals surface area contributed by atoms with Crippen molar-refractivity contribution < 1.29 is 4.74 Å². The highest BCUT2D eigenvalue weighted by Gasteiger charge is 2.41. The Kier molecular flexibility index (Phi) is 4.58. The van der Waals surface area contributed by atoms with Crippen LogP contribution in [0.2, 0.25) is 0 Å². The summed E-state index contributed by atoms with van der Waals surface area (Å²) in [6, 6.07) is 4.04. The molecule has 1 aliphatic rings. The molecule has 3 nitrogen and oxygen atoms in total. The van der Waals surface area contributed by atoms with E-state index in [1.807, 2.05) is 19.2 Å². The van der Waals surface area contributed by atoms with Crippen LogP contribution in [0, 0.1) is 12.8 Å². The zero-order valence-electron chi connectivity index (χ0n) is 12.4. The molecule has 1 aromatic heterocycles. The van der Waals surface area contributed by atoms with E-state index >= 15 is 0 Å². The van der Waals surface area contributed by atoms with Crippen LogP contribution < -0.4 is 5.73 Å². The van der Waals surface area contributed by atoms with Crippen molar-refractivity contribution in [1.29, 1.82) is 0 Å². The maximum atomic E-state index is 6.54. The van der Waals surface area contributed by atoms with E-state index in [1.54, 1.807) is 0 Å². The van der Waals surface area contributed by atoms with Crippen molar-refractivity contribution in [1.82, 2.24) is 4.98 Å². The fourth-order valence-electron chi connectivity index (χ4n) is 3.30. The van der Waals surface area contributed by atoms with E-state index in [-0.39, 0.29) is 11.6 Å². The van der Waals surface area contributed by atoms with E-state index in [9.17, 15) is 0 Å². The monoisotopic (exact) mass is 262 g/mol. The summed E-state index contributed by atoms with van der Waals surface area (Å²) in [5.74, 6) is 0.685. The van der Waals surface area contributed by atoms with Gasteiger partial charge in [-0.15, -0.1) is 0 Å². The number of hydrogen-bond acceptors (Lipinski definition) is 3. The largest absolute Gasteiger partial charge is 0.373 e. The van der Waals surface area contributed by atoms with Crippen molar-refractivity contribution >= 4 is 0 Å². The molecule has 0 radical (unpaired) electrons. The van der Waals surface area contributed by atoms with Gasteiger partial charge in [-0.25, -0.2) is 0 Å². The predicted molar refractivity (Wildman–Crippen MR) is 77.9 cm³/mol. The van der Waals surface area contributed by atoms with Crippen molar-refractivity contribution in [3.63, 3.8) is 0 Å². The fraction of sp³-hybridized carbons (Fsp3) is 0.688. The lowest BCUT2D eigenvalue weighted by Gasteiger charge is -2.44. The number of pyridine rings is 1. The number of hydrogen-bond donors (Lipinski definition) is 1. The van der Waals surface area contributed by atoms with Crippen LogP contribution in [0.5, 0.6) is 0 Å². The quantitative estimate of drug-likeness (QED) is 0.905. The fourth-order valence-corrected chi connectivity index (χ4v) is 3.30. The summed E-state index contributed by atoms with van der Waals surface area (Å²) in [6.07, 6.45) is 6.50. The molecule has 0 aliphatic heterocycles. The van der Waals surface area contributed by atoms with Gasteiger partial charge in [0.05, 0.1) is 11.6 Å². The Bertz CT molecular complexity index is 400. The second-order valence-corrected chi connectivity index (χ2v) is 5.91. The average molecular weight is 262 g/mol. The van der Waals surface area contributed by atoms with E-state index in [0.717, 1.165) is 30.7 Å². The van der Waals surface area contributed by atoms with Crippen LogP contribution in [-0.4, -0.2) is 17.2 Å². The zero-order chi connectivity index (χ0) is 13.9. The van der Waals surface area contributed by atoms with Crippen molar-refractivity contribution in [2.45, 2.75) is 58.1 Å². The van der Waals surface area contributed by atoms with Gasteiger partial charge in [-0.1, -0.05) is 25.8 Å². The highest BCUT2D eigenvalue weighted by Crippen LogP contribution is 2.42. The molecule has 0 amide bonds. The van der Waals surface area contributed by atoms with Crippen molar-refractivity contribution in [3.8, 4) is 0 Å². The van der Waals surface area contributed by atoms with Gasteiger partial charge in [-0.05, 0) is 44.2 Å².